The van der Waals surface area contributed by atoms with Crippen LogP contribution in [0, 0.1) is 5.92 Å². The van der Waals surface area contributed by atoms with Gasteiger partial charge in [0, 0.05) is 6.04 Å². The third kappa shape index (κ3) is 2.99. The minimum atomic E-state index is -0.701. The highest BCUT2D eigenvalue weighted by Crippen LogP contribution is 2.22. The second-order valence-electron chi connectivity index (χ2n) is 4.12. The fourth-order valence-corrected chi connectivity index (χ4v) is 2.13. The van der Waals surface area contributed by atoms with E-state index in [1.165, 1.54) is 0 Å². The van der Waals surface area contributed by atoms with Crippen LogP contribution in [0.1, 0.15) is 39.5 Å². The van der Waals surface area contributed by atoms with Crippen molar-refractivity contribution in [1.29, 1.82) is 0 Å². The monoisotopic (exact) mass is 185 g/mol. The van der Waals surface area contributed by atoms with Gasteiger partial charge in [0.05, 0.1) is 0 Å². The molecule has 0 aromatic rings. The zero-order chi connectivity index (χ0) is 9.84. The molecule has 0 saturated carbocycles. The molecule has 0 unspecified atom stereocenters. The number of carboxylic acid groups (broad SMARTS) is 1. The Kier molecular flexibility index (Phi) is 3.72. The van der Waals surface area contributed by atoms with Gasteiger partial charge < -0.3 is 10.4 Å². The molecule has 0 aliphatic carbocycles. The zero-order valence-electron chi connectivity index (χ0n) is 8.42. The van der Waals surface area contributed by atoms with Crippen LogP contribution in [0.2, 0.25) is 0 Å². The van der Waals surface area contributed by atoms with Crippen molar-refractivity contribution in [1.82, 2.24) is 5.32 Å². The van der Waals surface area contributed by atoms with E-state index in [9.17, 15) is 4.79 Å². The Balaban J connectivity index is 2.47. The lowest BCUT2D eigenvalue weighted by Crippen LogP contribution is -2.49. The van der Waals surface area contributed by atoms with Crippen molar-refractivity contribution in [3.05, 3.63) is 0 Å². The van der Waals surface area contributed by atoms with Gasteiger partial charge >= 0.3 is 5.97 Å². The van der Waals surface area contributed by atoms with Crippen LogP contribution in [0.25, 0.3) is 0 Å². The highest BCUT2D eigenvalue weighted by molar-refractivity contribution is 5.73. The molecule has 3 heteroatoms. The van der Waals surface area contributed by atoms with Crippen LogP contribution in [-0.2, 0) is 4.79 Å². The Morgan fingerprint density at radius 3 is 2.77 bits per heavy atom. The first-order valence-electron chi connectivity index (χ1n) is 5.12. The molecule has 1 rings (SSSR count). The van der Waals surface area contributed by atoms with E-state index < -0.39 is 5.97 Å². The fourth-order valence-electron chi connectivity index (χ4n) is 2.13. The van der Waals surface area contributed by atoms with Crippen molar-refractivity contribution in [2.45, 2.75) is 51.6 Å². The van der Waals surface area contributed by atoms with Gasteiger partial charge in [-0.2, -0.15) is 0 Å². The van der Waals surface area contributed by atoms with E-state index in [4.69, 9.17) is 5.11 Å². The average Bonchev–Trinajstić information content (AvgIpc) is 2.03. The van der Waals surface area contributed by atoms with Gasteiger partial charge in [-0.25, -0.2) is 0 Å². The zero-order valence-corrected chi connectivity index (χ0v) is 8.42. The third-order valence-corrected chi connectivity index (χ3v) is 2.70. The molecule has 0 amide bonds. The first-order valence-corrected chi connectivity index (χ1v) is 5.12. The quantitative estimate of drug-likeness (QED) is 0.702. The molecule has 0 spiro atoms. The maximum atomic E-state index is 10.8. The summed E-state index contributed by atoms with van der Waals surface area (Å²) in [4.78, 5) is 10.8. The standard InChI is InChI=1S/C10H19NO2/c1-3-4-8-5-7(2)6-9(11-8)10(12)13/h7-9,11H,3-6H2,1-2H3,(H,12,13)/t7-,8+,9-/m0/s1. The second kappa shape index (κ2) is 4.61. The molecular formula is C10H19NO2. The summed E-state index contributed by atoms with van der Waals surface area (Å²) in [6.45, 7) is 4.27. The van der Waals surface area contributed by atoms with Gasteiger partial charge in [0.15, 0.2) is 0 Å². The van der Waals surface area contributed by atoms with Crippen LogP contribution in [0.5, 0.6) is 0 Å². The topological polar surface area (TPSA) is 49.3 Å². The van der Waals surface area contributed by atoms with Gasteiger partial charge in [0.25, 0.3) is 0 Å². The Morgan fingerprint density at radius 1 is 1.54 bits per heavy atom. The average molecular weight is 185 g/mol. The van der Waals surface area contributed by atoms with Crippen molar-refractivity contribution in [2.75, 3.05) is 0 Å². The van der Waals surface area contributed by atoms with E-state index in [0.29, 0.717) is 12.0 Å². The Labute approximate surface area is 79.5 Å². The largest absolute Gasteiger partial charge is 0.480 e. The van der Waals surface area contributed by atoms with E-state index in [0.717, 1.165) is 25.7 Å². The maximum absolute atomic E-state index is 10.8. The molecule has 0 aromatic carbocycles. The van der Waals surface area contributed by atoms with Crippen molar-refractivity contribution in [2.24, 2.45) is 5.92 Å². The van der Waals surface area contributed by atoms with Crippen molar-refractivity contribution in [3.63, 3.8) is 0 Å². The smallest absolute Gasteiger partial charge is 0.320 e. The number of nitrogens with one attached hydrogen (secondary N) is 1. The van der Waals surface area contributed by atoms with Crippen molar-refractivity contribution in [3.8, 4) is 0 Å². The summed E-state index contributed by atoms with van der Waals surface area (Å²) >= 11 is 0. The van der Waals surface area contributed by atoms with Crippen molar-refractivity contribution < 1.29 is 9.90 Å². The van der Waals surface area contributed by atoms with E-state index in [1.807, 2.05) is 0 Å². The molecule has 0 aromatic heterocycles. The molecule has 0 radical (unpaired) electrons. The molecule has 13 heavy (non-hydrogen) atoms. The Morgan fingerprint density at radius 2 is 2.23 bits per heavy atom. The predicted molar refractivity (Wildman–Crippen MR) is 51.7 cm³/mol. The predicted octanol–water partition coefficient (Wildman–Crippen LogP) is 1.63. The molecule has 1 heterocycles. The van der Waals surface area contributed by atoms with Gasteiger partial charge in [-0.1, -0.05) is 20.3 Å². The second-order valence-corrected chi connectivity index (χ2v) is 4.12. The summed E-state index contributed by atoms with van der Waals surface area (Å²) in [7, 11) is 0. The maximum Gasteiger partial charge on any atom is 0.320 e. The molecule has 3 atom stereocenters. The number of rotatable bonds is 3. The van der Waals surface area contributed by atoms with Crippen LogP contribution >= 0.6 is 0 Å². The van der Waals surface area contributed by atoms with E-state index in [2.05, 4.69) is 19.2 Å². The summed E-state index contributed by atoms with van der Waals surface area (Å²) < 4.78 is 0. The Bertz CT molecular complexity index is 182. The minimum absolute atomic E-state index is 0.319. The lowest BCUT2D eigenvalue weighted by atomic mass is 9.87. The molecule has 1 aliphatic heterocycles. The SMILES string of the molecule is CCC[C@@H]1C[C@H](C)C[C@@H](C(=O)O)N1. The van der Waals surface area contributed by atoms with Gasteiger partial charge in [-0.05, 0) is 25.2 Å². The number of piperidine rings is 1. The Hall–Kier alpha value is -0.570. The highest BCUT2D eigenvalue weighted by atomic mass is 16.4. The number of carbonyl (C=O) groups is 1. The van der Waals surface area contributed by atoms with E-state index in [1.54, 1.807) is 0 Å². The lowest BCUT2D eigenvalue weighted by molar-refractivity contribution is -0.140. The number of hydrogen-bond acceptors (Lipinski definition) is 2. The first kappa shape index (κ1) is 10.5. The molecule has 1 aliphatic rings. The summed E-state index contributed by atoms with van der Waals surface area (Å²) in [5.41, 5.74) is 0. The first-order chi connectivity index (χ1) is 6.13. The van der Waals surface area contributed by atoms with Gasteiger partial charge in [0.2, 0.25) is 0 Å². The van der Waals surface area contributed by atoms with Gasteiger partial charge in [-0.15, -0.1) is 0 Å². The number of aliphatic carboxylic acids is 1. The van der Waals surface area contributed by atoms with Crippen LogP contribution in [-0.4, -0.2) is 23.2 Å². The summed E-state index contributed by atoms with van der Waals surface area (Å²) in [5, 5.41) is 12.1. The molecular weight excluding hydrogens is 166 g/mol. The number of carboxylic acids is 1. The normalized spacial score (nSPS) is 34.5. The summed E-state index contributed by atoms with van der Waals surface area (Å²) in [6, 6.07) is 0.0927. The molecule has 3 nitrogen and oxygen atoms in total. The van der Waals surface area contributed by atoms with Crippen LogP contribution in [0.3, 0.4) is 0 Å². The summed E-state index contributed by atoms with van der Waals surface area (Å²) in [5.74, 6) is -0.161. The molecule has 1 fully saturated rings. The van der Waals surface area contributed by atoms with E-state index in [-0.39, 0.29) is 6.04 Å². The van der Waals surface area contributed by atoms with Crippen LogP contribution < -0.4 is 5.32 Å². The third-order valence-electron chi connectivity index (χ3n) is 2.70. The van der Waals surface area contributed by atoms with Crippen LogP contribution in [0.15, 0.2) is 0 Å². The highest BCUT2D eigenvalue weighted by Gasteiger charge is 2.29. The van der Waals surface area contributed by atoms with E-state index >= 15 is 0 Å². The number of hydrogen-bond donors (Lipinski definition) is 2. The molecule has 0 bridgehead atoms. The molecule has 1 saturated heterocycles. The van der Waals surface area contributed by atoms with Gasteiger partial charge in [-0.3, -0.25) is 4.79 Å². The fraction of sp³-hybridized carbons (Fsp3) is 0.900. The lowest BCUT2D eigenvalue weighted by Gasteiger charge is -2.32. The van der Waals surface area contributed by atoms with Gasteiger partial charge in [0.1, 0.15) is 6.04 Å². The minimum Gasteiger partial charge on any atom is -0.480 e. The van der Waals surface area contributed by atoms with Crippen LogP contribution in [0.4, 0.5) is 0 Å². The summed E-state index contributed by atoms with van der Waals surface area (Å²) in [6.07, 6.45) is 4.11. The van der Waals surface area contributed by atoms with Crippen molar-refractivity contribution >= 4 is 5.97 Å². The molecule has 76 valence electrons. The molecule has 2 N–H and O–H groups in total.